The fraction of sp³-hybridized carbons (Fsp3) is 0.105. The van der Waals surface area contributed by atoms with E-state index in [9.17, 15) is 4.79 Å². The van der Waals surface area contributed by atoms with Crippen molar-refractivity contribution in [2.75, 3.05) is 0 Å². The van der Waals surface area contributed by atoms with Crippen LogP contribution in [0.1, 0.15) is 34.6 Å². The van der Waals surface area contributed by atoms with Crippen LogP contribution in [0.5, 0.6) is 0 Å². The van der Waals surface area contributed by atoms with Gasteiger partial charge in [-0.05, 0) is 48.2 Å². The Morgan fingerprint density at radius 2 is 1.92 bits per heavy atom. The molecule has 0 spiro atoms. The van der Waals surface area contributed by atoms with E-state index >= 15 is 0 Å². The predicted octanol–water partition coefficient (Wildman–Crippen LogP) is 4.25. The number of carbonyl (C=O) groups excluding carboxylic acids is 1. The highest BCUT2D eigenvalue weighted by Gasteiger charge is 2.13. The van der Waals surface area contributed by atoms with Crippen LogP contribution >= 0.6 is 11.6 Å². The molecule has 0 aliphatic carbocycles. The van der Waals surface area contributed by atoms with Gasteiger partial charge in [-0.15, -0.1) is 0 Å². The summed E-state index contributed by atoms with van der Waals surface area (Å²) in [6.45, 7) is 1.89. The summed E-state index contributed by atoms with van der Waals surface area (Å²) in [6.07, 6.45) is 1.66. The third-order valence-corrected chi connectivity index (χ3v) is 4.04. The first kappa shape index (κ1) is 16.0. The lowest BCUT2D eigenvalue weighted by Crippen LogP contribution is -2.27. The molecule has 1 atom stereocenters. The first-order valence-electron chi connectivity index (χ1n) is 7.43. The molecule has 1 heterocycles. The van der Waals surface area contributed by atoms with Crippen molar-refractivity contribution in [2.24, 2.45) is 0 Å². The minimum atomic E-state index is -0.256. The number of fused-ring (bicyclic) bond motifs is 1. The van der Waals surface area contributed by atoms with Gasteiger partial charge < -0.3 is 5.32 Å². The van der Waals surface area contributed by atoms with Gasteiger partial charge in [0, 0.05) is 16.6 Å². The Balaban J connectivity index is 1.79. The predicted molar refractivity (Wildman–Crippen MR) is 93.8 cm³/mol. The maximum Gasteiger partial charge on any atom is 0.270 e. The van der Waals surface area contributed by atoms with Crippen molar-refractivity contribution in [1.29, 1.82) is 5.26 Å². The van der Waals surface area contributed by atoms with Crippen molar-refractivity contribution in [3.8, 4) is 6.07 Å². The summed E-state index contributed by atoms with van der Waals surface area (Å²) in [4.78, 5) is 16.6. The van der Waals surface area contributed by atoms with Gasteiger partial charge in [0.2, 0.25) is 0 Å². The van der Waals surface area contributed by atoms with Gasteiger partial charge >= 0.3 is 0 Å². The van der Waals surface area contributed by atoms with Gasteiger partial charge in [0.25, 0.3) is 5.91 Å². The molecule has 4 nitrogen and oxygen atoms in total. The molecule has 2 aromatic carbocycles. The third-order valence-electron chi connectivity index (χ3n) is 3.80. The zero-order chi connectivity index (χ0) is 17.1. The molecule has 0 saturated carbocycles. The molecule has 1 amide bonds. The fourth-order valence-corrected chi connectivity index (χ4v) is 2.62. The number of amides is 1. The molecule has 0 aliphatic rings. The molecule has 118 valence electrons. The SMILES string of the molecule is CC(NC(=O)c1cc2cc(Cl)ccc2cn1)c1ccc(C#N)cc1. The molecule has 5 heteroatoms. The average molecular weight is 336 g/mol. The lowest BCUT2D eigenvalue weighted by atomic mass is 10.1. The molecule has 1 unspecified atom stereocenters. The minimum absolute atomic E-state index is 0.192. The normalized spacial score (nSPS) is 11.7. The number of nitrogens with zero attached hydrogens (tertiary/aromatic N) is 2. The number of nitriles is 1. The monoisotopic (exact) mass is 335 g/mol. The lowest BCUT2D eigenvalue weighted by molar-refractivity contribution is 0.0935. The summed E-state index contributed by atoms with van der Waals surface area (Å²) in [5.41, 5.74) is 1.85. The van der Waals surface area contributed by atoms with Gasteiger partial charge in [0.1, 0.15) is 5.69 Å². The van der Waals surface area contributed by atoms with E-state index in [-0.39, 0.29) is 11.9 Å². The van der Waals surface area contributed by atoms with Crippen molar-refractivity contribution in [3.63, 3.8) is 0 Å². The second kappa shape index (κ2) is 6.69. The summed E-state index contributed by atoms with van der Waals surface area (Å²) >= 11 is 6.00. The van der Waals surface area contributed by atoms with Gasteiger partial charge in [-0.25, -0.2) is 0 Å². The molecular formula is C19H14ClN3O. The Morgan fingerprint density at radius 1 is 1.17 bits per heavy atom. The van der Waals surface area contributed by atoms with Crippen molar-refractivity contribution >= 4 is 28.3 Å². The van der Waals surface area contributed by atoms with Gasteiger partial charge in [-0.1, -0.05) is 29.8 Å². The van der Waals surface area contributed by atoms with Crippen LogP contribution in [-0.4, -0.2) is 10.9 Å². The van der Waals surface area contributed by atoms with Gasteiger partial charge in [-0.2, -0.15) is 5.26 Å². The van der Waals surface area contributed by atoms with Crippen LogP contribution in [0.2, 0.25) is 5.02 Å². The van der Waals surface area contributed by atoms with Crippen LogP contribution < -0.4 is 5.32 Å². The molecule has 0 aliphatic heterocycles. The van der Waals surface area contributed by atoms with Crippen molar-refractivity contribution in [1.82, 2.24) is 10.3 Å². The Hall–Kier alpha value is -2.90. The van der Waals surface area contributed by atoms with E-state index in [0.29, 0.717) is 16.3 Å². The molecular weight excluding hydrogens is 322 g/mol. The number of rotatable bonds is 3. The van der Waals surface area contributed by atoms with E-state index in [1.807, 2.05) is 25.1 Å². The van der Waals surface area contributed by atoms with E-state index in [4.69, 9.17) is 16.9 Å². The van der Waals surface area contributed by atoms with Crippen LogP contribution in [0.3, 0.4) is 0 Å². The maximum atomic E-state index is 12.4. The van der Waals surface area contributed by atoms with Crippen LogP contribution in [-0.2, 0) is 0 Å². The maximum absolute atomic E-state index is 12.4. The number of hydrogen-bond donors (Lipinski definition) is 1. The van der Waals surface area contributed by atoms with Crippen LogP contribution in [0.15, 0.2) is 54.7 Å². The molecule has 0 radical (unpaired) electrons. The quantitative estimate of drug-likeness (QED) is 0.778. The summed E-state index contributed by atoms with van der Waals surface area (Å²) in [7, 11) is 0. The minimum Gasteiger partial charge on any atom is -0.344 e. The van der Waals surface area contributed by atoms with E-state index < -0.39 is 0 Å². The number of halogens is 1. The molecule has 3 rings (SSSR count). The number of benzene rings is 2. The number of aromatic nitrogens is 1. The highest BCUT2D eigenvalue weighted by atomic mass is 35.5. The molecule has 24 heavy (non-hydrogen) atoms. The first-order valence-corrected chi connectivity index (χ1v) is 7.81. The van der Waals surface area contributed by atoms with E-state index in [0.717, 1.165) is 16.3 Å². The standard InChI is InChI=1S/C19H14ClN3O/c1-12(14-4-2-13(10-21)3-5-14)23-19(24)18-9-16-8-17(20)7-6-15(16)11-22-18/h2-9,11-12H,1H3,(H,23,24). The fourth-order valence-electron chi connectivity index (χ4n) is 2.44. The van der Waals surface area contributed by atoms with Crippen LogP contribution in [0, 0.1) is 11.3 Å². The van der Waals surface area contributed by atoms with Gasteiger partial charge in [0.15, 0.2) is 0 Å². The van der Waals surface area contributed by atoms with E-state index in [2.05, 4.69) is 16.4 Å². The van der Waals surface area contributed by atoms with Gasteiger partial charge in [0.05, 0.1) is 17.7 Å². The number of nitrogens with one attached hydrogen (secondary N) is 1. The second-order valence-corrected chi connectivity index (χ2v) is 5.93. The Bertz CT molecular complexity index is 945. The third kappa shape index (κ3) is 3.37. The van der Waals surface area contributed by atoms with E-state index in [1.54, 1.807) is 36.5 Å². The van der Waals surface area contributed by atoms with Crippen LogP contribution in [0.4, 0.5) is 0 Å². The summed E-state index contributed by atoms with van der Waals surface area (Å²) in [5.74, 6) is -0.256. The second-order valence-electron chi connectivity index (χ2n) is 5.49. The Kier molecular flexibility index (Phi) is 4.45. The number of hydrogen-bond acceptors (Lipinski definition) is 3. The topological polar surface area (TPSA) is 65.8 Å². The zero-order valence-corrected chi connectivity index (χ0v) is 13.7. The summed E-state index contributed by atoms with van der Waals surface area (Å²) in [6, 6.07) is 16.2. The first-order chi connectivity index (χ1) is 11.6. The Morgan fingerprint density at radius 3 is 2.62 bits per heavy atom. The van der Waals surface area contributed by atoms with Crippen molar-refractivity contribution < 1.29 is 4.79 Å². The molecule has 1 N–H and O–H groups in total. The summed E-state index contributed by atoms with van der Waals surface area (Å²) < 4.78 is 0. The zero-order valence-electron chi connectivity index (χ0n) is 13.0. The number of carbonyl (C=O) groups is 1. The Labute approximate surface area is 144 Å². The van der Waals surface area contributed by atoms with Gasteiger partial charge in [-0.3, -0.25) is 9.78 Å². The largest absolute Gasteiger partial charge is 0.344 e. The highest BCUT2D eigenvalue weighted by Crippen LogP contribution is 2.20. The number of pyridine rings is 1. The molecule has 3 aromatic rings. The highest BCUT2D eigenvalue weighted by molar-refractivity contribution is 6.31. The van der Waals surface area contributed by atoms with Crippen molar-refractivity contribution in [2.45, 2.75) is 13.0 Å². The molecule has 0 saturated heterocycles. The smallest absolute Gasteiger partial charge is 0.270 e. The average Bonchev–Trinajstić information content (AvgIpc) is 2.61. The lowest BCUT2D eigenvalue weighted by Gasteiger charge is -2.14. The van der Waals surface area contributed by atoms with Crippen molar-refractivity contribution in [3.05, 3.63) is 76.6 Å². The van der Waals surface area contributed by atoms with Crippen LogP contribution in [0.25, 0.3) is 10.8 Å². The summed E-state index contributed by atoms with van der Waals surface area (Å²) in [5, 5.41) is 14.2. The molecule has 1 aromatic heterocycles. The molecule has 0 fully saturated rings. The van der Waals surface area contributed by atoms with E-state index in [1.165, 1.54) is 0 Å². The molecule has 0 bridgehead atoms.